The van der Waals surface area contributed by atoms with Crippen LogP contribution in [0.1, 0.15) is 26.7 Å². The molecule has 20 heavy (non-hydrogen) atoms. The van der Waals surface area contributed by atoms with Crippen LogP contribution < -0.4 is 4.90 Å². The highest BCUT2D eigenvalue weighted by molar-refractivity contribution is 5.81. The van der Waals surface area contributed by atoms with Crippen molar-refractivity contribution < 1.29 is 14.8 Å². The Hall–Kier alpha value is -2.18. The summed E-state index contributed by atoms with van der Waals surface area (Å²) in [7, 11) is 0. The van der Waals surface area contributed by atoms with Crippen molar-refractivity contribution in [2.45, 2.75) is 32.7 Å². The second kappa shape index (κ2) is 5.07. The number of anilines is 1. The molecule has 0 aromatic carbocycles. The normalized spacial score (nSPS) is 21.5. The third-order valence-electron chi connectivity index (χ3n) is 3.79. The van der Waals surface area contributed by atoms with Gasteiger partial charge in [-0.15, -0.1) is 0 Å². The Labute approximate surface area is 116 Å². The Balaban J connectivity index is 2.50. The van der Waals surface area contributed by atoms with Gasteiger partial charge in [-0.05, 0) is 24.3 Å². The number of rotatable bonds is 3. The van der Waals surface area contributed by atoms with Crippen molar-refractivity contribution in [1.82, 2.24) is 4.98 Å². The number of piperidine rings is 1. The lowest BCUT2D eigenvalue weighted by atomic mass is 9.76. The first kappa shape index (κ1) is 14.2. The molecular formula is C13H17N3O4. The minimum atomic E-state index is -0.958. The Morgan fingerprint density at radius 3 is 2.90 bits per heavy atom. The Morgan fingerprint density at radius 2 is 2.30 bits per heavy atom. The molecule has 108 valence electrons. The summed E-state index contributed by atoms with van der Waals surface area (Å²) < 4.78 is 0. The minimum absolute atomic E-state index is 0.156. The van der Waals surface area contributed by atoms with E-state index in [1.165, 1.54) is 12.3 Å². The first-order chi connectivity index (χ1) is 9.34. The maximum absolute atomic E-state index is 11.6. The van der Waals surface area contributed by atoms with Gasteiger partial charge in [0.05, 0.1) is 4.92 Å². The summed E-state index contributed by atoms with van der Waals surface area (Å²) in [6, 6.07) is 0.729. The molecular weight excluding hydrogens is 262 g/mol. The van der Waals surface area contributed by atoms with Crippen LogP contribution >= 0.6 is 0 Å². The van der Waals surface area contributed by atoms with Gasteiger partial charge in [0, 0.05) is 12.7 Å². The van der Waals surface area contributed by atoms with E-state index in [1.807, 2.05) is 13.8 Å². The van der Waals surface area contributed by atoms with Crippen LogP contribution in [0.4, 0.5) is 11.4 Å². The van der Waals surface area contributed by atoms with E-state index in [1.54, 1.807) is 4.90 Å². The molecule has 1 aliphatic heterocycles. The lowest BCUT2D eigenvalue weighted by Gasteiger charge is -2.44. The number of nitro groups is 1. The Morgan fingerprint density at radius 1 is 1.60 bits per heavy atom. The monoisotopic (exact) mass is 279 g/mol. The number of carboxylic acid groups (broad SMARTS) is 1. The predicted octanol–water partition coefficient (Wildman–Crippen LogP) is 2.07. The van der Waals surface area contributed by atoms with Gasteiger partial charge in [-0.25, -0.2) is 4.79 Å². The summed E-state index contributed by atoms with van der Waals surface area (Å²) in [5, 5.41) is 20.6. The van der Waals surface area contributed by atoms with Gasteiger partial charge >= 0.3 is 11.7 Å². The molecule has 7 heteroatoms. The SMILES string of the molecule is CC1(C)CCCN(c2ccncc2[N+](=O)[O-])C1C(=O)O. The maximum atomic E-state index is 11.6. The quantitative estimate of drug-likeness (QED) is 0.672. The van der Waals surface area contributed by atoms with Crippen molar-refractivity contribution in [3.05, 3.63) is 28.6 Å². The summed E-state index contributed by atoms with van der Waals surface area (Å²) in [5.74, 6) is -0.958. The van der Waals surface area contributed by atoms with E-state index >= 15 is 0 Å². The van der Waals surface area contributed by atoms with Gasteiger partial charge in [0.25, 0.3) is 0 Å². The number of aromatic nitrogens is 1. The van der Waals surface area contributed by atoms with Crippen molar-refractivity contribution in [1.29, 1.82) is 0 Å². The Kier molecular flexibility index (Phi) is 3.61. The number of carbonyl (C=O) groups is 1. The zero-order valence-electron chi connectivity index (χ0n) is 11.4. The molecule has 0 spiro atoms. The average molecular weight is 279 g/mol. The second-order valence-corrected chi connectivity index (χ2v) is 5.65. The van der Waals surface area contributed by atoms with Gasteiger partial charge in [-0.3, -0.25) is 15.1 Å². The van der Waals surface area contributed by atoms with Crippen LogP contribution in [0, 0.1) is 15.5 Å². The molecule has 2 heterocycles. The standard InChI is InChI=1S/C13H17N3O4/c1-13(2)5-3-7-15(11(13)12(17)18)9-4-6-14-8-10(9)16(19)20/h4,6,8,11H,3,5,7H2,1-2H3,(H,17,18). The summed E-state index contributed by atoms with van der Waals surface area (Å²) in [5.41, 5.74) is -0.275. The molecule has 1 atom stereocenters. The van der Waals surface area contributed by atoms with E-state index in [0.717, 1.165) is 19.0 Å². The number of pyridine rings is 1. The van der Waals surface area contributed by atoms with Crippen molar-refractivity contribution in [3.8, 4) is 0 Å². The van der Waals surface area contributed by atoms with Crippen molar-refractivity contribution in [2.75, 3.05) is 11.4 Å². The van der Waals surface area contributed by atoms with Gasteiger partial charge < -0.3 is 10.0 Å². The third kappa shape index (κ3) is 2.43. The predicted molar refractivity (Wildman–Crippen MR) is 72.7 cm³/mol. The molecule has 1 saturated heterocycles. The molecule has 1 unspecified atom stereocenters. The third-order valence-corrected chi connectivity index (χ3v) is 3.79. The van der Waals surface area contributed by atoms with Crippen molar-refractivity contribution >= 4 is 17.3 Å². The fourth-order valence-corrected chi connectivity index (χ4v) is 2.88. The molecule has 1 aromatic rings. The van der Waals surface area contributed by atoms with E-state index in [4.69, 9.17) is 0 Å². The smallest absolute Gasteiger partial charge is 0.326 e. The number of hydrogen-bond acceptors (Lipinski definition) is 5. The fraction of sp³-hybridized carbons (Fsp3) is 0.538. The number of aliphatic carboxylic acids is 1. The largest absolute Gasteiger partial charge is 0.480 e. The van der Waals surface area contributed by atoms with Crippen LogP contribution in [-0.4, -0.2) is 33.6 Å². The van der Waals surface area contributed by atoms with E-state index in [-0.39, 0.29) is 5.69 Å². The Bertz CT molecular complexity index is 544. The van der Waals surface area contributed by atoms with E-state index in [0.29, 0.717) is 12.2 Å². The van der Waals surface area contributed by atoms with Crippen molar-refractivity contribution in [2.24, 2.45) is 5.41 Å². The molecule has 7 nitrogen and oxygen atoms in total. The van der Waals surface area contributed by atoms with Gasteiger partial charge in [0.15, 0.2) is 0 Å². The van der Waals surface area contributed by atoms with Crippen molar-refractivity contribution in [3.63, 3.8) is 0 Å². The molecule has 1 fully saturated rings. The topological polar surface area (TPSA) is 96.6 Å². The zero-order chi connectivity index (χ0) is 14.9. The second-order valence-electron chi connectivity index (χ2n) is 5.65. The van der Waals surface area contributed by atoms with Crippen LogP contribution in [-0.2, 0) is 4.79 Å². The molecule has 0 aliphatic carbocycles. The first-order valence-electron chi connectivity index (χ1n) is 6.42. The van der Waals surface area contributed by atoms with Gasteiger partial charge in [-0.1, -0.05) is 13.8 Å². The molecule has 1 aliphatic rings. The van der Waals surface area contributed by atoms with Crippen LogP contribution in [0.15, 0.2) is 18.5 Å². The highest BCUT2D eigenvalue weighted by Gasteiger charge is 2.44. The van der Waals surface area contributed by atoms with Gasteiger partial charge in [0.1, 0.15) is 17.9 Å². The van der Waals surface area contributed by atoms with Crippen LogP contribution in [0.25, 0.3) is 0 Å². The van der Waals surface area contributed by atoms with Crippen LogP contribution in [0.3, 0.4) is 0 Å². The molecule has 1 N–H and O–H groups in total. The number of carboxylic acids is 1. The highest BCUT2D eigenvalue weighted by atomic mass is 16.6. The highest BCUT2D eigenvalue weighted by Crippen LogP contribution is 2.40. The van der Waals surface area contributed by atoms with E-state index in [2.05, 4.69) is 4.98 Å². The van der Waals surface area contributed by atoms with Gasteiger partial charge in [-0.2, -0.15) is 0 Å². The van der Waals surface area contributed by atoms with E-state index < -0.39 is 22.3 Å². The van der Waals surface area contributed by atoms with E-state index in [9.17, 15) is 20.0 Å². The number of hydrogen-bond donors (Lipinski definition) is 1. The summed E-state index contributed by atoms with van der Waals surface area (Å²) >= 11 is 0. The minimum Gasteiger partial charge on any atom is -0.480 e. The molecule has 0 radical (unpaired) electrons. The summed E-state index contributed by atoms with van der Waals surface area (Å²) in [6.45, 7) is 4.25. The fourth-order valence-electron chi connectivity index (χ4n) is 2.88. The molecule has 2 rings (SSSR count). The lowest BCUT2D eigenvalue weighted by Crippen LogP contribution is -2.54. The number of nitrogens with zero attached hydrogens (tertiary/aromatic N) is 3. The molecule has 0 bridgehead atoms. The van der Waals surface area contributed by atoms with Gasteiger partial charge in [0.2, 0.25) is 0 Å². The summed E-state index contributed by atoms with van der Waals surface area (Å²) in [6.07, 6.45) is 4.19. The molecule has 0 amide bonds. The summed E-state index contributed by atoms with van der Waals surface area (Å²) in [4.78, 5) is 27.5. The average Bonchev–Trinajstić information content (AvgIpc) is 2.36. The maximum Gasteiger partial charge on any atom is 0.326 e. The first-order valence-corrected chi connectivity index (χ1v) is 6.42. The molecule has 0 saturated carbocycles. The molecule has 1 aromatic heterocycles. The van der Waals surface area contributed by atoms with Crippen LogP contribution in [0.2, 0.25) is 0 Å². The zero-order valence-corrected chi connectivity index (χ0v) is 11.4. The van der Waals surface area contributed by atoms with Crippen LogP contribution in [0.5, 0.6) is 0 Å². The lowest BCUT2D eigenvalue weighted by molar-refractivity contribution is -0.384.